The van der Waals surface area contributed by atoms with Crippen LogP contribution in [-0.4, -0.2) is 11.5 Å². The van der Waals surface area contributed by atoms with Gasteiger partial charge in [-0.1, -0.05) is 0 Å². The van der Waals surface area contributed by atoms with E-state index in [1.807, 2.05) is 58.9 Å². The summed E-state index contributed by atoms with van der Waals surface area (Å²) in [6.07, 6.45) is 1.41. The Bertz CT molecular complexity index is 1120. The Morgan fingerprint density at radius 3 is 2.03 bits per heavy atom. The molecule has 29 heavy (non-hydrogen) atoms. The van der Waals surface area contributed by atoms with Gasteiger partial charge in [0.25, 0.3) is 0 Å². The topological polar surface area (TPSA) is 120 Å². The Kier molecular flexibility index (Phi) is 5.20. The van der Waals surface area contributed by atoms with Crippen LogP contribution in [0.15, 0.2) is 52.3 Å². The number of carbonyl (C=O) groups is 1. The number of carbonyl (C=O) groups excluding carboxylic acids is 1. The highest BCUT2D eigenvalue weighted by molar-refractivity contribution is 6.25. The van der Waals surface area contributed by atoms with Crippen molar-refractivity contribution in [1.82, 2.24) is 0 Å². The molecule has 0 saturated carbocycles. The third kappa shape index (κ3) is 3.61. The van der Waals surface area contributed by atoms with Gasteiger partial charge in [-0.15, -0.1) is 0 Å². The van der Waals surface area contributed by atoms with E-state index < -0.39 is 0 Å². The molecule has 2 aromatic rings. The molecule has 0 saturated heterocycles. The molecular weight excluding hydrogens is 362 g/mol. The molecule has 0 spiro atoms. The van der Waals surface area contributed by atoms with Crippen LogP contribution in [-0.2, 0) is 4.79 Å². The first-order valence-corrected chi connectivity index (χ1v) is 9.42. The van der Waals surface area contributed by atoms with Crippen molar-refractivity contribution in [2.24, 2.45) is 10.7 Å². The predicted molar refractivity (Wildman–Crippen MR) is 121 cm³/mol. The van der Waals surface area contributed by atoms with Crippen LogP contribution >= 0.6 is 0 Å². The number of hydrogen-bond donors (Lipinski definition) is 4. The number of nitrogen functional groups attached to an aromatic ring is 2. The van der Waals surface area contributed by atoms with E-state index in [9.17, 15) is 4.79 Å². The molecule has 0 fully saturated rings. The van der Waals surface area contributed by atoms with E-state index >= 15 is 0 Å². The van der Waals surface area contributed by atoms with Crippen LogP contribution in [0, 0.1) is 27.7 Å². The van der Waals surface area contributed by atoms with E-state index in [0.717, 1.165) is 39.3 Å². The summed E-state index contributed by atoms with van der Waals surface area (Å²) in [7, 11) is 0. The molecule has 6 nitrogen and oxygen atoms in total. The summed E-state index contributed by atoms with van der Waals surface area (Å²) < 4.78 is 0. The number of rotatable bonds is 3. The smallest absolute Gasteiger partial charge is 0.204 e. The number of benzene rings is 2. The molecule has 2 aromatic carbocycles. The zero-order valence-electron chi connectivity index (χ0n) is 17.5. The van der Waals surface area contributed by atoms with Crippen LogP contribution < -0.4 is 22.5 Å². The molecule has 0 aromatic heterocycles. The first-order valence-electron chi connectivity index (χ1n) is 9.42. The number of nitrogens with two attached hydrogens (primary N) is 3. The van der Waals surface area contributed by atoms with Crippen molar-refractivity contribution in [2.75, 3.05) is 16.8 Å². The lowest BCUT2D eigenvalue weighted by Crippen LogP contribution is -2.26. The molecule has 1 aliphatic carbocycles. The van der Waals surface area contributed by atoms with Gasteiger partial charge in [-0.2, -0.15) is 0 Å². The maximum Gasteiger partial charge on any atom is 0.204 e. The van der Waals surface area contributed by atoms with Gasteiger partial charge in [0.1, 0.15) is 0 Å². The number of nitrogens with one attached hydrogen (secondary N) is 1. The van der Waals surface area contributed by atoms with E-state index in [0.29, 0.717) is 28.4 Å². The first-order chi connectivity index (χ1) is 13.6. The minimum absolute atomic E-state index is 0.182. The molecule has 0 radical (unpaired) electrons. The molecule has 0 amide bonds. The van der Waals surface area contributed by atoms with Crippen molar-refractivity contribution in [3.05, 3.63) is 69.6 Å². The second-order valence-electron chi connectivity index (χ2n) is 7.43. The Labute approximate surface area is 171 Å². The molecule has 3 rings (SSSR count). The third-order valence-electron chi connectivity index (χ3n) is 5.66. The molecule has 0 heterocycles. The average molecular weight is 390 g/mol. The van der Waals surface area contributed by atoms with Crippen molar-refractivity contribution in [1.29, 1.82) is 0 Å². The number of anilines is 3. The van der Waals surface area contributed by atoms with E-state index in [-0.39, 0.29) is 5.78 Å². The summed E-state index contributed by atoms with van der Waals surface area (Å²) in [5.41, 5.74) is 27.2. The van der Waals surface area contributed by atoms with Gasteiger partial charge >= 0.3 is 0 Å². The molecule has 1 aliphatic rings. The van der Waals surface area contributed by atoms with Crippen molar-refractivity contribution in [3.63, 3.8) is 0 Å². The molecule has 7 N–H and O–H groups in total. The van der Waals surface area contributed by atoms with Gasteiger partial charge in [0.2, 0.25) is 5.78 Å². The van der Waals surface area contributed by atoms with Crippen molar-refractivity contribution >= 4 is 34.2 Å². The fourth-order valence-corrected chi connectivity index (χ4v) is 3.29. The quantitative estimate of drug-likeness (QED) is 0.468. The lowest BCUT2D eigenvalue weighted by Gasteiger charge is -2.21. The van der Waals surface area contributed by atoms with Gasteiger partial charge in [0.15, 0.2) is 0 Å². The average Bonchev–Trinajstić information content (AvgIpc) is 2.67. The van der Waals surface area contributed by atoms with E-state index in [2.05, 4.69) is 5.32 Å². The fourth-order valence-electron chi connectivity index (χ4n) is 3.29. The van der Waals surface area contributed by atoms with Gasteiger partial charge < -0.3 is 22.5 Å². The van der Waals surface area contributed by atoms with Crippen LogP contribution in [0.25, 0.3) is 0 Å². The summed E-state index contributed by atoms with van der Waals surface area (Å²) >= 11 is 0. The van der Waals surface area contributed by atoms with E-state index in [1.54, 1.807) is 0 Å². The SMILES string of the molecule is CC1=C(Nc2ccc(N)c(C)c2C)C(=O)C=C(N)/C1=N\c1ccc(N)c(C)c1C. The van der Waals surface area contributed by atoms with Crippen LogP contribution in [0.2, 0.25) is 0 Å². The molecule has 0 aliphatic heterocycles. The van der Waals surface area contributed by atoms with Crippen molar-refractivity contribution in [3.8, 4) is 0 Å². The van der Waals surface area contributed by atoms with Gasteiger partial charge in [-0.25, -0.2) is 4.99 Å². The van der Waals surface area contributed by atoms with Gasteiger partial charge in [-0.05, 0) is 81.1 Å². The number of nitrogens with zero attached hydrogens (tertiary/aromatic N) is 1. The number of allylic oxidation sites excluding steroid dienone is 2. The molecule has 150 valence electrons. The molecule has 0 bridgehead atoms. The second-order valence-corrected chi connectivity index (χ2v) is 7.43. The Morgan fingerprint density at radius 2 is 1.38 bits per heavy atom. The lowest BCUT2D eigenvalue weighted by atomic mass is 9.96. The predicted octanol–water partition coefficient (Wildman–Crippen LogP) is 3.97. The highest BCUT2D eigenvalue weighted by Crippen LogP contribution is 2.30. The number of ketones is 1. The molecular formula is C23H27N5O. The van der Waals surface area contributed by atoms with Crippen molar-refractivity contribution in [2.45, 2.75) is 34.6 Å². The third-order valence-corrected chi connectivity index (χ3v) is 5.66. The zero-order chi connectivity index (χ0) is 21.5. The van der Waals surface area contributed by atoms with Gasteiger partial charge in [0, 0.05) is 28.7 Å². The highest BCUT2D eigenvalue weighted by atomic mass is 16.1. The van der Waals surface area contributed by atoms with Crippen LogP contribution in [0.3, 0.4) is 0 Å². The maximum absolute atomic E-state index is 12.7. The highest BCUT2D eigenvalue weighted by Gasteiger charge is 2.24. The normalized spacial score (nSPS) is 15.7. The zero-order valence-corrected chi connectivity index (χ0v) is 17.5. The minimum Gasteiger partial charge on any atom is -0.399 e. The monoisotopic (exact) mass is 389 g/mol. The summed E-state index contributed by atoms with van der Waals surface area (Å²) in [4.78, 5) is 17.4. The minimum atomic E-state index is -0.182. The first kappa shape index (κ1) is 20.2. The summed E-state index contributed by atoms with van der Waals surface area (Å²) in [6, 6.07) is 7.39. The molecule has 6 heteroatoms. The van der Waals surface area contributed by atoms with Crippen LogP contribution in [0.4, 0.5) is 22.7 Å². The molecule has 0 unspecified atom stereocenters. The van der Waals surface area contributed by atoms with E-state index in [1.165, 1.54) is 6.08 Å². The lowest BCUT2D eigenvalue weighted by molar-refractivity contribution is -0.111. The standard InChI is InChI=1S/C23H27N5O/c1-11-13(3)19(8-6-16(11)24)27-22-15(5)23(21(29)10-18(22)26)28-20-9-7-17(25)12(2)14(20)4/h6-10,28H,24-26H2,1-5H3/b27-22-. The summed E-state index contributed by atoms with van der Waals surface area (Å²) in [6.45, 7) is 9.70. The largest absolute Gasteiger partial charge is 0.399 e. The maximum atomic E-state index is 12.7. The number of aliphatic imine (C=N–C) groups is 1. The second kappa shape index (κ2) is 7.47. The Morgan fingerprint density at radius 1 is 0.793 bits per heavy atom. The van der Waals surface area contributed by atoms with E-state index in [4.69, 9.17) is 22.2 Å². The molecule has 0 atom stereocenters. The van der Waals surface area contributed by atoms with Gasteiger partial charge in [-0.3, -0.25) is 4.79 Å². The summed E-state index contributed by atoms with van der Waals surface area (Å²) in [5, 5.41) is 3.26. The summed E-state index contributed by atoms with van der Waals surface area (Å²) in [5.74, 6) is -0.182. The van der Waals surface area contributed by atoms with Crippen LogP contribution in [0.5, 0.6) is 0 Å². The fraction of sp³-hybridized carbons (Fsp3) is 0.217. The Hall–Kier alpha value is -3.54. The van der Waals surface area contributed by atoms with Crippen molar-refractivity contribution < 1.29 is 4.79 Å². The number of hydrogen-bond acceptors (Lipinski definition) is 6. The van der Waals surface area contributed by atoms with Crippen LogP contribution in [0.1, 0.15) is 29.2 Å². The Balaban J connectivity index is 2.09. The van der Waals surface area contributed by atoms with Gasteiger partial charge in [0.05, 0.1) is 22.8 Å².